The van der Waals surface area contributed by atoms with Crippen LogP contribution < -0.4 is 14.9 Å². The fourth-order valence-electron chi connectivity index (χ4n) is 1.95. The summed E-state index contributed by atoms with van der Waals surface area (Å²) in [5.74, 6) is 0.403. The van der Waals surface area contributed by atoms with Crippen molar-refractivity contribution in [1.29, 1.82) is 0 Å². The van der Waals surface area contributed by atoms with Gasteiger partial charge < -0.3 is 14.6 Å². The molecule has 0 bridgehead atoms. The second kappa shape index (κ2) is 5.95. The lowest BCUT2D eigenvalue weighted by Crippen LogP contribution is -2.17. The van der Waals surface area contributed by atoms with Crippen molar-refractivity contribution < 1.29 is 19.4 Å². The number of halogens is 1. The van der Waals surface area contributed by atoms with Crippen LogP contribution in [0.2, 0.25) is 5.02 Å². The van der Waals surface area contributed by atoms with Crippen LogP contribution >= 0.6 is 11.6 Å². The van der Waals surface area contributed by atoms with E-state index >= 15 is 0 Å². The van der Waals surface area contributed by atoms with Crippen LogP contribution in [0.4, 0.5) is 0 Å². The summed E-state index contributed by atoms with van der Waals surface area (Å²) < 4.78 is 10.4. The number of aromatic hydroxyl groups is 1. The quantitative estimate of drug-likeness (QED) is 0.673. The Morgan fingerprint density at radius 3 is 2.95 bits per heavy atom. The summed E-state index contributed by atoms with van der Waals surface area (Å²) in [5.41, 5.74) is 3.12. The van der Waals surface area contributed by atoms with Gasteiger partial charge in [0.05, 0.1) is 16.8 Å². The van der Waals surface area contributed by atoms with Crippen molar-refractivity contribution in [2.75, 3.05) is 6.79 Å². The Kier molecular flexibility index (Phi) is 3.84. The standard InChI is InChI=1S/C15H11ClN2O4/c16-11-5-9(6-13-14(11)22-8-21-13)7-17-18-15(20)10-3-1-2-4-12(10)19/h1-7,19H,8H2,(H,18,20)/b17-7-. The zero-order valence-corrected chi connectivity index (χ0v) is 12.0. The zero-order valence-electron chi connectivity index (χ0n) is 11.2. The van der Waals surface area contributed by atoms with Crippen LogP contribution in [-0.4, -0.2) is 24.0 Å². The zero-order chi connectivity index (χ0) is 15.5. The molecule has 0 radical (unpaired) electrons. The van der Waals surface area contributed by atoms with Gasteiger partial charge in [0.1, 0.15) is 5.75 Å². The number of amides is 1. The predicted octanol–water partition coefficient (Wildman–Crippen LogP) is 2.54. The Labute approximate surface area is 130 Å². The molecule has 0 fully saturated rings. The minimum atomic E-state index is -0.513. The first-order valence-corrected chi connectivity index (χ1v) is 6.73. The molecule has 6 nitrogen and oxygen atoms in total. The number of ether oxygens (including phenoxy) is 2. The van der Waals surface area contributed by atoms with Crippen LogP contribution in [0.1, 0.15) is 15.9 Å². The van der Waals surface area contributed by atoms with Crippen LogP contribution in [-0.2, 0) is 0 Å². The first-order valence-electron chi connectivity index (χ1n) is 6.35. The molecule has 2 aromatic rings. The Morgan fingerprint density at radius 1 is 1.32 bits per heavy atom. The number of rotatable bonds is 3. The van der Waals surface area contributed by atoms with E-state index in [-0.39, 0.29) is 18.1 Å². The SMILES string of the molecule is O=C(N/N=C\c1cc(Cl)c2c(c1)OCO2)c1ccccc1O. The highest BCUT2D eigenvalue weighted by Gasteiger charge is 2.17. The Balaban J connectivity index is 1.72. The topological polar surface area (TPSA) is 80.2 Å². The molecule has 0 saturated carbocycles. The number of nitrogens with zero attached hydrogens (tertiary/aromatic N) is 1. The number of fused-ring (bicyclic) bond motifs is 1. The van der Waals surface area contributed by atoms with Crippen LogP contribution in [0.3, 0.4) is 0 Å². The number of carbonyl (C=O) groups excluding carboxylic acids is 1. The molecule has 0 spiro atoms. The molecule has 22 heavy (non-hydrogen) atoms. The molecule has 1 amide bonds. The third-order valence-corrected chi connectivity index (χ3v) is 3.26. The predicted molar refractivity (Wildman–Crippen MR) is 80.7 cm³/mol. The summed E-state index contributed by atoms with van der Waals surface area (Å²) in [6, 6.07) is 9.54. The molecular weight excluding hydrogens is 308 g/mol. The number of hydrogen-bond acceptors (Lipinski definition) is 5. The van der Waals surface area contributed by atoms with Gasteiger partial charge in [-0.15, -0.1) is 0 Å². The highest BCUT2D eigenvalue weighted by atomic mass is 35.5. The second-order valence-electron chi connectivity index (χ2n) is 4.45. The molecular formula is C15H11ClN2O4. The molecule has 0 aromatic heterocycles. The van der Waals surface area contributed by atoms with Crippen molar-refractivity contribution in [3.05, 3.63) is 52.5 Å². The summed E-state index contributed by atoms with van der Waals surface area (Å²) in [6.45, 7) is 0.125. The monoisotopic (exact) mass is 318 g/mol. The van der Waals surface area contributed by atoms with Crippen molar-refractivity contribution in [2.24, 2.45) is 5.10 Å². The highest BCUT2D eigenvalue weighted by Crippen LogP contribution is 2.39. The molecule has 2 N–H and O–H groups in total. The van der Waals surface area contributed by atoms with E-state index in [1.54, 1.807) is 24.3 Å². The lowest BCUT2D eigenvalue weighted by molar-refractivity contribution is 0.0952. The minimum absolute atomic E-state index is 0.110. The van der Waals surface area contributed by atoms with E-state index in [0.29, 0.717) is 22.1 Å². The van der Waals surface area contributed by atoms with Gasteiger partial charge >= 0.3 is 0 Å². The number of benzene rings is 2. The van der Waals surface area contributed by atoms with Crippen molar-refractivity contribution in [2.45, 2.75) is 0 Å². The van der Waals surface area contributed by atoms with Crippen molar-refractivity contribution in [3.8, 4) is 17.2 Å². The maximum atomic E-state index is 11.9. The Bertz CT molecular complexity index is 761. The molecule has 112 valence electrons. The van der Waals surface area contributed by atoms with Gasteiger partial charge in [-0.1, -0.05) is 23.7 Å². The van der Waals surface area contributed by atoms with Crippen LogP contribution in [0.15, 0.2) is 41.5 Å². The first-order chi connectivity index (χ1) is 10.6. The van der Waals surface area contributed by atoms with E-state index in [1.165, 1.54) is 18.3 Å². The van der Waals surface area contributed by atoms with Crippen molar-refractivity contribution in [1.82, 2.24) is 5.43 Å². The summed E-state index contributed by atoms with van der Waals surface area (Å²) in [6.07, 6.45) is 1.42. The summed E-state index contributed by atoms with van der Waals surface area (Å²) >= 11 is 6.05. The number of phenolic OH excluding ortho intramolecular Hbond substituents is 1. The van der Waals surface area contributed by atoms with Gasteiger partial charge in [-0.2, -0.15) is 5.10 Å². The lowest BCUT2D eigenvalue weighted by Gasteiger charge is -2.03. The first kappa shape index (κ1) is 14.2. The molecule has 1 aliphatic heterocycles. The molecule has 1 heterocycles. The number of nitrogens with one attached hydrogen (secondary N) is 1. The van der Waals surface area contributed by atoms with E-state index in [1.807, 2.05) is 0 Å². The largest absolute Gasteiger partial charge is 0.507 e. The third kappa shape index (κ3) is 2.82. The van der Waals surface area contributed by atoms with Crippen LogP contribution in [0.25, 0.3) is 0 Å². The molecule has 0 saturated heterocycles. The number of para-hydroxylation sites is 1. The number of carbonyl (C=O) groups is 1. The molecule has 2 aromatic carbocycles. The van der Waals surface area contributed by atoms with Gasteiger partial charge in [0.15, 0.2) is 11.5 Å². The second-order valence-corrected chi connectivity index (χ2v) is 4.86. The van der Waals surface area contributed by atoms with Crippen LogP contribution in [0, 0.1) is 0 Å². The summed E-state index contributed by atoms with van der Waals surface area (Å²) in [4.78, 5) is 11.9. The smallest absolute Gasteiger partial charge is 0.275 e. The number of phenols is 1. The van der Waals surface area contributed by atoms with Gasteiger partial charge in [0.2, 0.25) is 6.79 Å². The van der Waals surface area contributed by atoms with E-state index in [4.69, 9.17) is 21.1 Å². The van der Waals surface area contributed by atoms with E-state index < -0.39 is 5.91 Å². The minimum Gasteiger partial charge on any atom is -0.507 e. The fourth-order valence-corrected chi connectivity index (χ4v) is 2.23. The molecule has 0 atom stereocenters. The fraction of sp³-hybridized carbons (Fsp3) is 0.0667. The van der Waals surface area contributed by atoms with Gasteiger partial charge in [-0.3, -0.25) is 4.79 Å². The summed E-state index contributed by atoms with van der Waals surface area (Å²) in [7, 11) is 0. The van der Waals surface area contributed by atoms with E-state index in [2.05, 4.69) is 10.5 Å². The van der Waals surface area contributed by atoms with Crippen LogP contribution in [0.5, 0.6) is 17.2 Å². The maximum Gasteiger partial charge on any atom is 0.275 e. The van der Waals surface area contributed by atoms with Gasteiger partial charge in [0, 0.05) is 0 Å². The van der Waals surface area contributed by atoms with Gasteiger partial charge in [-0.25, -0.2) is 5.43 Å². The van der Waals surface area contributed by atoms with Gasteiger partial charge in [0.25, 0.3) is 5.91 Å². The van der Waals surface area contributed by atoms with E-state index in [9.17, 15) is 9.90 Å². The van der Waals surface area contributed by atoms with Crippen molar-refractivity contribution in [3.63, 3.8) is 0 Å². The van der Waals surface area contributed by atoms with Crippen molar-refractivity contribution >= 4 is 23.7 Å². The maximum absolute atomic E-state index is 11.9. The summed E-state index contributed by atoms with van der Waals surface area (Å²) in [5, 5.41) is 13.8. The van der Waals surface area contributed by atoms with E-state index in [0.717, 1.165) is 0 Å². The normalized spacial score (nSPS) is 12.6. The molecule has 7 heteroatoms. The number of hydrazone groups is 1. The Morgan fingerprint density at radius 2 is 2.14 bits per heavy atom. The molecule has 3 rings (SSSR count). The molecule has 0 unspecified atom stereocenters. The lowest BCUT2D eigenvalue weighted by atomic mass is 10.2. The van der Waals surface area contributed by atoms with Gasteiger partial charge in [-0.05, 0) is 29.8 Å². The average Bonchev–Trinajstić information content (AvgIpc) is 2.96. The Hall–Kier alpha value is -2.73. The highest BCUT2D eigenvalue weighted by molar-refractivity contribution is 6.32. The number of hydrogen-bond donors (Lipinski definition) is 2. The third-order valence-electron chi connectivity index (χ3n) is 2.98. The molecule has 1 aliphatic rings. The molecule has 0 aliphatic carbocycles. The average molecular weight is 319 g/mol.